The quantitative estimate of drug-likeness (QED) is 0.627. The van der Waals surface area contributed by atoms with Crippen LogP contribution in [-0.4, -0.2) is 17.0 Å². The Kier molecular flexibility index (Phi) is 3.21. The minimum Gasteiger partial charge on any atom is -0.462 e. The first kappa shape index (κ1) is 11.5. The van der Waals surface area contributed by atoms with Crippen LogP contribution in [0.25, 0.3) is 5.52 Å². The fourth-order valence-corrected chi connectivity index (χ4v) is 1.98. The molecule has 0 amide bonds. The van der Waals surface area contributed by atoms with E-state index in [4.69, 9.17) is 16.3 Å². The minimum atomic E-state index is -0.335. The molecule has 0 aliphatic carbocycles. The van der Waals surface area contributed by atoms with Crippen LogP contribution in [0.4, 0.5) is 0 Å². The van der Waals surface area contributed by atoms with Crippen LogP contribution in [0, 0.1) is 0 Å². The van der Waals surface area contributed by atoms with Crippen molar-refractivity contribution in [3.05, 3.63) is 39.6 Å². The van der Waals surface area contributed by atoms with E-state index >= 15 is 0 Å². The van der Waals surface area contributed by atoms with E-state index in [1.54, 1.807) is 23.6 Å². The second-order valence-electron chi connectivity index (χ2n) is 3.22. The molecule has 0 atom stereocenters. The first-order valence-corrected chi connectivity index (χ1v) is 5.94. The van der Waals surface area contributed by atoms with E-state index in [0.29, 0.717) is 17.3 Å². The number of carbonyl (C=O) groups excluding carboxylic acids is 1. The van der Waals surface area contributed by atoms with Crippen molar-refractivity contribution in [2.75, 3.05) is 6.61 Å². The number of rotatable bonds is 2. The van der Waals surface area contributed by atoms with Crippen molar-refractivity contribution in [1.82, 2.24) is 4.40 Å². The second-order valence-corrected chi connectivity index (χ2v) is 4.43. The van der Waals surface area contributed by atoms with Crippen molar-refractivity contribution in [3.8, 4) is 0 Å². The molecule has 0 aromatic carbocycles. The summed E-state index contributed by atoms with van der Waals surface area (Å²) < 4.78 is 7.44. The third-order valence-corrected chi connectivity index (χ3v) is 3.42. The molecule has 2 aromatic heterocycles. The summed E-state index contributed by atoms with van der Waals surface area (Å²) in [5.74, 6) is -0.335. The Morgan fingerprint density at radius 3 is 3.00 bits per heavy atom. The van der Waals surface area contributed by atoms with E-state index in [0.717, 1.165) is 9.99 Å². The van der Waals surface area contributed by atoms with Crippen LogP contribution in [0.1, 0.15) is 17.3 Å². The molecule has 0 saturated carbocycles. The summed E-state index contributed by atoms with van der Waals surface area (Å²) in [7, 11) is 0. The number of aromatic nitrogens is 1. The predicted octanol–water partition coefficient (Wildman–Crippen LogP) is 3.53. The largest absolute Gasteiger partial charge is 0.462 e. The second kappa shape index (κ2) is 4.47. The van der Waals surface area contributed by atoms with Gasteiger partial charge in [0.15, 0.2) is 0 Å². The molecule has 16 heavy (non-hydrogen) atoms. The Bertz CT molecular complexity index is 550. The Morgan fingerprint density at radius 2 is 2.31 bits per heavy atom. The normalized spacial score (nSPS) is 10.7. The average Bonchev–Trinajstić information content (AvgIpc) is 2.69. The molecule has 0 aliphatic rings. The van der Waals surface area contributed by atoms with Crippen LogP contribution >= 0.6 is 27.5 Å². The fraction of sp³-hybridized carbons (Fsp3) is 0.182. The van der Waals surface area contributed by atoms with Crippen molar-refractivity contribution >= 4 is 39.0 Å². The van der Waals surface area contributed by atoms with E-state index in [-0.39, 0.29) is 5.97 Å². The van der Waals surface area contributed by atoms with Gasteiger partial charge in [-0.15, -0.1) is 0 Å². The number of fused-ring (bicyclic) bond motifs is 1. The minimum absolute atomic E-state index is 0.335. The number of hydrogen-bond acceptors (Lipinski definition) is 2. The third-order valence-electron chi connectivity index (χ3n) is 2.17. The maximum atomic E-state index is 11.5. The number of carbonyl (C=O) groups is 1. The van der Waals surface area contributed by atoms with Crippen molar-refractivity contribution in [3.63, 3.8) is 0 Å². The highest BCUT2D eigenvalue weighted by molar-refractivity contribution is 9.10. The lowest BCUT2D eigenvalue weighted by Gasteiger charge is -1.99. The van der Waals surface area contributed by atoms with Gasteiger partial charge in [0.05, 0.1) is 16.6 Å². The van der Waals surface area contributed by atoms with Gasteiger partial charge in [0.1, 0.15) is 5.15 Å². The van der Waals surface area contributed by atoms with Crippen LogP contribution in [-0.2, 0) is 4.74 Å². The van der Waals surface area contributed by atoms with Crippen molar-refractivity contribution in [2.24, 2.45) is 0 Å². The number of halogens is 2. The summed E-state index contributed by atoms with van der Waals surface area (Å²) >= 11 is 9.41. The Balaban J connectivity index is 2.52. The van der Waals surface area contributed by atoms with Crippen LogP contribution in [0.15, 0.2) is 28.9 Å². The third kappa shape index (κ3) is 1.95. The maximum absolute atomic E-state index is 11.5. The molecule has 2 heterocycles. The summed E-state index contributed by atoms with van der Waals surface area (Å²) in [6.45, 7) is 2.14. The molecule has 0 fully saturated rings. The van der Waals surface area contributed by atoms with E-state index in [1.807, 2.05) is 12.1 Å². The lowest BCUT2D eigenvalue weighted by molar-refractivity contribution is 0.0526. The highest BCUT2D eigenvalue weighted by Crippen LogP contribution is 2.25. The summed E-state index contributed by atoms with van der Waals surface area (Å²) in [5, 5.41) is 0.535. The molecule has 0 saturated heterocycles. The predicted molar refractivity (Wildman–Crippen MR) is 66.1 cm³/mol. The van der Waals surface area contributed by atoms with E-state index in [1.165, 1.54) is 0 Å². The number of hydrogen-bond donors (Lipinski definition) is 0. The molecular weight excluding hydrogens is 293 g/mol. The van der Waals surface area contributed by atoms with Gasteiger partial charge in [-0.25, -0.2) is 4.79 Å². The number of esters is 1. The molecule has 2 rings (SSSR count). The lowest BCUT2D eigenvalue weighted by atomic mass is 10.3. The van der Waals surface area contributed by atoms with Gasteiger partial charge >= 0.3 is 5.97 Å². The first-order chi connectivity index (χ1) is 7.63. The topological polar surface area (TPSA) is 30.7 Å². The Morgan fingerprint density at radius 1 is 1.56 bits per heavy atom. The standard InChI is InChI=1S/C11H9BrClNO2/c1-2-16-11(15)7-5-8-3-4-9(12)10(13)14(8)6-7/h3-6H,2H2,1H3. The zero-order chi connectivity index (χ0) is 11.7. The van der Waals surface area contributed by atoms with Crippen molar-refractivity contribution in [2.45, 2.75) is 6.92 Å². The van der Waals surface area contributed by atoms with Gasteiger partial charge < -0.3 is 9.14 Å². The molecule has 0 aliphatic heterocycles. The van der Waals surface area contributed by atoms with Crippen molar-refractivity contribution < 1.29 is 9.53 Å². The van der Waals surface area contributed by atoms with Crippen LogP contribution in [0.2, 0.25) is 5.15 Å². The Labute approximate surface area is 106 Å². The zero-order valence-corrected chi connectivity index (χ0v) is 10.9. The fourth-order valence-electron chi connectivity index (χ4n) is 1.45. The van der Waals surface area contributed by atoms with Gasteiger partial charge in [-0.05, 0) is 41.1 Å². The van der Waals surface area contributed by atoms with E-state index < -0.39 is 0 Å². The van der Waals surface area contributed by atoms with Crippen LogP contribution < -0.4 is 0 Å². The summed E-state index contributed by atoms with van der Waals surface area (Å²) in [6, 6.07) is 5.46. The molecule has 3 nitrogen and oxygen atoms in total. The van der Waals surface area contributed by atoms with E-state index in [2.05, 4.69) is 15.9 Å². The monoisotopic (exact) mass is 301 g/mol. The Hall–Kier alpha value is -1.00. The number of nitrogens with zero attached hydrogens (tertiary/aromatic N) is 1. The average molecular weight is 303 g/mol. The molecule has 2 aromatic rings. The summed E-state index contributed by atoms with van der Waals surface area (Å²) in [5.41, 5.74) is 1.36. The summed E-state index contributed by atoms with van der Waals surface area (Å²) in [6.07, 6.45) is 1.67. The van der Waals surface area contributed by atoms with Crippen LogP contribution in [0.5, 0.6) is 0 Å². The van der Waals surface area contributed by atoms with Crippen LogP contribution in [0.3, 0.4) is 0 Å². The SMILES string of the molecule is CCOC(=O)c1cc2ccc(Br)c(Cl)n2c1. The molecule has 0 radical (unpaired) electrons. The lowest BCUT2D eigenvalue weighted by Crippen LogP contribution is -2.02. The first-order valence-electron chi connectivity index (χ1n) is 4.76. The highest BCUT2D eigenvalue weighted by Gasteiger charge is 2.11. The molecule has 5 heteroatoms. The number of pyridine rings is 1. The van der Waals surface area contributed by atoms with Crippen molar-refractivity contribution in [1.29, 1.82) is 0 Å². The van der Waals surface area contributed by atoms with Gasteiger partial charge in [0.2, 0.25) is 0 Å². The number of ether oxygens (including phenoxy) is 1. The smallest absolute Gasteiger partial charge is 0.339 e. The van der Waals surface area contributed by atoms with Gasteiger partial charge in [-0.1, -0.05) is 11.6 Å². The van der Waals surface area contributed by atoms with Gasteiger partial charge in [-0.3, -0.25) is 0 Å². The molecule has 0 bridgehead atoms. The zero-order valence-electron chi connectivity index (χ0n) is 8.54. The van der Waals surface area contributed by atoms with Gasteiger partial charge in [0, 0.05) is 11.7 Å². The molecule has 84 valence electrons. The highest BCUT2D eigenvalue weighted by atomic mass is 79.9. The maximum Gasteiger partial charge on any atom is 0.339 e. The molecular formula is C11H9BrClNO2. The van der Waals surface area contributed by atoms with Gasteiger partial charge in [0.25, 0.3) is 0 Å². The molecule has 0 unspecified atom stereocenters. The summed E-state index contributed by atoms with van der Waals surface area (Å²) in [4.78, 5) is 11.5. The molecule has 0 N–H and O–H groups in total. The van der Waals surface area contributed by atoms with Gasteiger partial charge in [-0.2, -0.15) is 0 Å². The van der Waals surface area contributed by atoms with E-state index in [9.17, 15) is 4.79 Å². The molecule has 0 spiro atoms.